The normalized spacial score (nSPS) is 16.3. The van der Waals surface area contributed by atoms with Crippen LogP contribution in [0.25, 0.3) is 0 Å². The molecule has 0 aliphatic carbocycles. The van der Waals surface area contributed by atoms with Crippen LogP contribution in [0.3, 0.4) is 0 Å². The Morgan fingerprint density at radius 3 is 2.79 bits per heavy atom. The van der Waals surface area contributed by atoms with Gasteiger partial charge in [-0.15, -0.1) is 21.5 Å². The summed E-state index contributed by atoms with van der Waals surface area (Å²) in [6.07, 6.45) is 2.09. The van der Waals surface area contributed by atoms with Crippen molar-refractivity contribution in [3.05, 3.63) is 62.5 Å². The first-order valence-corrected chi connectivity index (χ1v) is 10.5. The zero-order valence-corrected chi connectivity index (χ0v) is 16.4. The van der Waals surface area contributed by atoms with Crippen LogP contribution in [0.5, 0.6) is 0 Å². The molecule has 3 aromatic rings. The van der Waals surface area contributed by atoms with Gasteiger partial charge in [0.05, 0.1) is 12.5 Å². The van der Waals surface area contributed by atoms with Crippen molar-refractivity contribution in [2.75, 3.05) is 11.9 Å². The van der Waals surface area contributed by atoms with Gasteiger partial charge in [-0.1, -0.05) is 17.4 Å². The number of rotatable bonds is 5. The summed E-state index contributed by atoms with van der Waals surface area (Å²) in [5.41, 5.74) is 0.483. The summed E-state index contributed by atoms with van der Waals surface area (Å²) in [7, 11) is 0. The first-order valence-electron chi connectivity index (χ1n) is 8.82. The Balaban J connectivity index is 1.44. The summed E-state index contributed by atoms with van der Waals surface area (Å²) in [5, 5.41) is 13.7. The number of hydrogen-bond donors (Lipinski definition) is 1. The molecule has 1 aliphatic heterocycles. The maximum atomic E-state index is 13.0. The fourth-order valence-electron chi connectivity index (χ4n) is 3.16. The van der Waals surface area contributed by atoms with Gasteiger partial charge in [-0.25, -0.2) is 4.39 Å². The number of amides is 2. The van der Waals surface area contributed by atoms with Crippen LogP contribution in [0.2, 0.25) is 0 Å². The topological polar surface area (TPSA) is 75.2 Å². The molecule has 1 N–H and O–H groups in total. The molecule has 1 fully saturated rings. The van der Waals surface area contributed by atoms with Crippen molar-refractivity contribution in [3.63, 3.8) is 0 Å². The number of thiophene rings is 1. The smallest absolute Gasteiger partial charge is 0.286 e. The summed E-state index contributed by atoms with van der Waals surface area (Å²) in [6, 6.07) is 9.27. The van der Waals surface area contributed by atoms with E-state index in [1.807, 2.05) is 22.4 Å². The third-order valence-electron chi connectivity index (χ3n) is 4.50. The average Bonchev–Trinajstić information content (AvgIpc) is 3.44. The minimum atomic E-state index is -0.398. The predicted molar refractivity (Wildman–Crippen MR) is 106 cm³/mol. The zero-order valence-electron chi connectivity index (χ0n) is 14.8. The Kier molecular flexibility index (Phi) is 5.45. The maximum Gasteiger partial charge on any atom is 0.286 e. The molecule has 0 saturated carbocycles. The molecule has 3 heterocycles. The summed E-state index contributed by atoms with van der Waals surface area (Å²) >= 11 is 2.76. The molecular weight excluding hydrogens is 399 g/mol. The Labute approximate surface area is 169 Å². The van der Waals surface area contributed by atoms with Gasteiger partial charge in [-0.2, -0.15) is 0 Å². The fourth-order valence-corrected chi connectivity index (χ4v) is 4.75. The number of carbonyl (C=O) groups excluding carboxylic acids is 2. The van der Waals surface area contributed by atoms with E-state index in [0.29, 0.717) is 23.7 Å². The first kappa shape index (κ1) is 18.7. The van der Waals surface area contributed by atoms with Gasteiger partial charge in [0, 0.05) is 17.1 Å². The van der Waals surface area contributed by atoms with Crippen LogP contribution in [0.4, 0.5) is 10.1 Å². The quantitative estimate of drug-likeness (QED) is 0.685. The second kappa shape index (κ2) is 8.15. The van der Waals surface area contributed by atoms with Crippen molar-refractivity contribution in [3.8, 4) is 0 Å². The molecule has 2 amide bonds. The van der Waals surface area contributed by atoms with Crippen molar-refractivity contribution in [2.45, 2.75) is 25.3 Å². The van der Waals surface area contributed by atoms with Gasteiger partial charge >= 0.3 is 0 Å². The second-order valence-electron chi connectivity index (χ2n) is 6.41. The highest BCUT2D eigenvalue weighted by Gasteiger charge is 2.33. The average molecular weight is 417 g/mol. The highest BCUT2D eigenvalue weighted by Crippen LogP contribution is 2.34. The summed E-state index contributed by atoms with van der Waals surface area (Å²) in [6.45, 7) is 0.686. The lowest BCUT2D eigenvalue weighted by Crippen LogP contribution is -2.31. The van der Waals surface area contributed by atoms with Crippen LogP contribution < -0.4 is 5.32 Å². The Morgan fingerprint density at radius 2 is 2.04 bits per heavy atom. The zero-order chi connectivity index (χ0) is 19.5. The van der Waals surface area contributed by atoms with Crippen LogP contribution >= 0.6 is 22.7 Å². The standard InChI is InChI=1S/C19H17FN4O2S2/c20-12-5-7-13(8-6-12)21-17(26)19-23-22-18(28-19)15-4-1-9-24(15)16(25)11-14-3-2-10-27-14/h2-3,5-8,10,15H,1,4,9,11H2,(H,21,26)/t15-/m1/s1. The molecule has 0 unspecified atom stereocenters. The fraction of sp³-hybridized carbons (Fsp3) is 0.263. The summed E-state index contributed by atoms with van der Waals surface area (Å²) in [5.74, 6) is -0.702. The second-order valence-corrected chi connectivity index (χ2v) is 8.45. The summed E-state index contributed by atoms with van der Waals surface area (Å²) < 4.78 is 13.0. The number of halogens is 1. The van der Waals surface area contributed by atoms with Gasteiger partial charge in [-0.3, -0.25) is 9.59 Å². The molecule has 144 valence electrons. The van der Waals surface area contributed by atoms with Crippen LogP contribution in [0.15, 0.2) is 41.8 Å². The molecule has 0 spiro atoms. The van der Waals surface area contributed by atoms with Crippen molar-refractivity contribution in [1.82, 2.24) is 15.1 Å². The molecule has 28 heavy (non-hydrogen) atoms. The van der Waals surface area contributed by atoms with Crippen molar-refractivity contribution >= 4 is 40.2 Å². The lowest BCUT2D eigenvalue weighted by atomic mass is 10.2. The molecule has 0 bridgehead atoms. The molecule has 0 radical (unpaired) electrons. The van der Waals surface area contributed by atoms with E-state index in [-0.39, 0.29) is 22.8 Å². The number of aromatic nitrogens is 2. The lowest BCUT2D eigenvalue weighted by molar-refractivity contribution is -0.131. The van der Waals surface area contributed by atoms with E-state index >= 15 is 0 Å². The molecule has 9 heteroatoms. The van der Waals surface area contributed by atoms with Crippen LogP contribution in [-0.2, 0) is 11.2 Å². The molecular formula is C19H17FN4O2S2. The van der Waals surface area contributed by atoms with Crippen LogP contribution in [0, 0.1) is 5.82 Å². The van der Waals surface area contributed by atoms with Gasteiger partial charge in [0.1, 0.15) is 10.8 Å². The molecule has 1 aliphatic rings. The SMILES string of the molecule is O=C(Nc1ccc(F)cc1)c1nnc([C@H]2CCCN2C(=O)Cc2cccs2)s1. The van der Waals surface area contributed by atoms with Gasteiger partial charge in [0.15, 0.2) is 0 Å². The van der Waals surface area contributed by atoms with Crippen molar-refractivity contribution in [2.24, 2.45) is 0 Å². The largest absolute Gasteiger partial charge is 0.333 e. The van der Waals surface area contributed by atoms with E-state index in [9.17, 15) is 14.0 Å². The van der Waals surface area contributed by atoms with Crippen LogP contribution in [-0.4, -0.2) is 33.5 Å². The lowest BCUT2D eigenvalue weighted by Gasteiger charge is -2.22. The highest BCUT2D eigenvalue weighted by atomic mass is 32.1. The Bertz CT molecular complexity index is 972. The van der Waals surface area contributed by atoms with Gasteiger partial charge in [0.2, 0.25) is 10.9 Å². The van der Waals surface area contributed by atoms with E-state index in [4.69, 9.17) is 0 Å². The molecule has 1 saturated heterocycles. The predicted octanol–water partition coefficient (Wildman–Crippen LogP) is 3.90. The number of hydrogen-bond acceptors (Lipinski definition) is 6. The van der Waals surface area contributed by atoms with Crippen molar-refractivity contribution in [1.29, 1.82) is 0 Å². The molecule has 6 nitrogen and oxygen atoms in total. The third-order valence-corrected chi connectivity index (χ3v) is 6.40. The van der Waals surface area contributed by atoms with E-state index in [1.54, 1.807) is 11.3 Å². The molecule has 1 atom stereocenters. The number of anilines is 1. The maximum absolute atomic E-state index is 13.0. The van der Waals surface area contributed by atoms with Gasteiger partial charge < -0.3 is 10.2 Å². The third kappa shape index (κ3) is 4.10. The minimum Gasteiger partial charge on any atom is -0.333 e. The van der Waals surface area contributed by atoms with E-state index in [0.717, 1.165) is 17.7 Å². The number of benzene rings is 1. The number of nitrogens with zero attached hydrogens (tertiary/aromatic N) is 3. The molecule has 4 rings (SSSR count). The Morgan fingerprint density at radius 1 is 1.21 bits per heavy atom. The van der Waals surface area contributed by atoms with E-state index in [1.165, 1.54) is 35.6 Å². The minimum absolute atomic E-state index is 0.0671. The van der Waals surface area contributed by atoms with Gasteiger partial charge in [0.25, 0.3) is 5.91 Å². The van der Waals surface area contributed by atoms with Crippen molar-refractivity contribution < 1.29 is 14.0 Å². The molecule has 1 aromatic carbocycles. The number of nitrogens with one attached hydrogen (secondary N) is 1. The van der Waals surface area contributed by atoms with E-state index in [2.05, 4.69) is 15.5 Å². The Hall–Kier alpha value is -2.65. The van der Waals surface area contributed by atoms with Crippen LogP contribution in [0.1, 0.15) is 38.6 Å². The highest BCUT2D eigenvalue weighted by molar-refractivity contribution is 7.13. The molecule has 2 aromatic heterocycles. The first-order chi connectivity index (χ1) is 13.6. The van der Waals surface area contributed by atoms with Gasteiger partial charge in [-0.05, 0) is 48.6 Å². The van der Waals surface area contributed by atoms with E-state index < -0.39 is 5.91 Å². The number of likely N-dealkylation sites (tertiary alicyclic amines) is 1. The monoisotopic (exact) mass is 416 g/mol. The summed E-state index contributed by atoms with van der Waals surface area (Å²) in [4.78, 5) is 27.9. The number of carbonyl (C=O) groups is 2.